The Hall–Kier alpha value is -1.18. The number of ether oxygens (including phenoxy) is 1. The summed E-state index contributed by atoms with van der Waals surface area (Å²) in [4.78, 5) is 24.0. The van der Waals surface area contributed by atoms with Crippen molar-refractivity contribution < 1.29 is 19.4 Å². The monoisotopic (exact) mass is 429 g/mol. The molecule has 2 N–H and O–H groups in total. The van der Waals surface area contributed by atoms with Crippen LogP contribution in [0, 0.1) is 11.8 Å². The molecule has 1 aromatic carbocycles. The molecular formula is C15H13Br2NO4. The van der Waals surface area contributed by atoms with Crippen molar-refractivity contribution in [2.45, 2.75) is 18.8 Å². The Bertz CT molecular complexity index is 646. The minimum Gasteiger partial charge on any atom is -0.481 e. The fourth-order valence-electron chi connectivity index (χ4n) is 2.90. The molecule has 0 spiro atoms. The van der Waals surface area contributed by atoms with E-state index in [9.17, 15) is 14.7 Å². The standard InChI is InChI=1S/C15H13Br2NO4/c16-10-11(17)13-9(15(20)21)8(12(10)22-13)14(19)18-6-7-4-2-1-3-5-7/h1-5,8-9,12-13H,6H2,(H,18,19)(H,20,21)/t8-,9+,12+,13+/m0/s1. The topological polar surface area (TPSA) is 75.6 Å². The van der Waals surface area contributed by atoms with Gasteiger partial charge >= 0.3 is 5.97 Å². The molecule has 0 aromatic heterocycles. The first-order valence-corrected chi connectivity index (χ1v) is 8.34. The maximum absolute atomic E-state index is 12.5. The maximum atomic E-state index is 12.5. The van der Waals surface area contributed by atoms with Crippen LogP contribution in [-0.4, -0.2) is 29.2 Å². The number of hydrogen-bond acceptors (Lipinski definition) is 3. The lowest BCUT2D eigenvalue weighted by Gasteiger charge is -2.24. The van der Waals surface area contributed by atoms with Crippen molar-refractivity contribution >= 4 is 43.7 Å². The van der Waals surface area contributed by atoms with Crippen molar-refractivity contribution in [3.05, 3.63) is 44.9 Å². The lowest BCUT2D eigenvalue weighted by Crippen LogP contribution is -2.43. The van der Waals surface area contributed by atoms with Crippen LogP contribution in [0.15, 0.2) is 39.3 Å². The van der Waals surface area contributed by atoms with Crippen LogP contribution in [-0.2, 0) is 20.9 Å². The summed E-state index contributed by atoms with van der Waals surface area (Å²) in [5.41, 5.74) is 0.961. The van der Waals surface area contributed by atoms with Gasteiger partial charge in [0.15, 0.2) is 0 Å². The number of halogens is 2. The third-order valence-corrected chi connectivity index (χ3v) is 6.25. The zero-order chi connectivity index (χ0) is 15.9. The molecule has 3 rings (SSSR count). The molecule has 2 aliphatic rings. The average Bonchev–Trinajstić information content (AvgIpc) is 3.03. The summed E-state index contributed by atoms with van der Waals surface area (Å²) in [5.74, 6) is -2.94. The smallest absolute Gasteiger partial charge is 0.310 e. The van der Waals surface area contributed by atoms with Crippen LogP contribution in [0.25, 0.3) is 0 Å². The molecule has 22 heavy (non-hydrogen) atoms. The molecular weight excluding hydrogens is 418 g/mol. The third kappa shape index (κ3) is 2.61. The van der Waals surface area contributed by atoms with E-state index < -0.39 is 30.0 Å². The van der Waals surface area contributed by atoms with Crippen molar-refractivity contribution in [2.24, 2.45) is 11.8 Å². The van der Waals surface area contributed by atoms with E-state index in [1.807, 2.05) is 30.3 Å². The zero-order valence-corrected chi connectivity index (χ0v) is 14.5. The number of amides is 1. The van der Waals surface area contributed by atoms with E-state index in [1.165, 1.54) is 0 Å². The predicted molar refractivity (Wildman–Crippen MR) is 86.4 cm³/mol. The molecule has 1 fully saturated rings. The van der Waals surface area contributed by atoms with Crippen molar-refractivity contribution in [3.63, 3.8) is 0 Å². The van der Waals surface area contributed by atoms with Crippen LogP contribution in [0.4, 0.5) is 0 Å². The molecule has 116 valence electrons. The van der Waals surface area contributed by atoms with Gasteiger partial charge in [-0.1, -0.05) is 62.2 Å². The number of fused-ring (bicyclic) bond motifs is 2. The predicted octanol–water partition coefficient (Wildman–Crippen LogP) is 2.40. The van der Waals surface area contributed by atoms with Gasteiger partial charge in [0, 0.05) is 15.5 Å². The van der Waals surface area contributed by atoms with Crippen LogP contribution < -0.4 is 5.32 Å². The van der Waals surface area contributed by atoms with Gasteiger partial charge in [0.1, 0.15) is 18.1 Å². The number of carbonyl (C=O) groups excluding carboxylic acids is 1. The highest BCUT2D eigenvalue weighted by molar-refractivity contribution is 9.14. The van der Waals surface area contributed by atoms with Gasteiger partial charge in [-0.2, -0.15) is 0 Å². The highest BCUT2D eigenvalue weighted by Crippen LogP contribution is 2.51. The Morgan fingerprint density at radius 2 is 1.68 bits per heavy atom. The summed E-state index contributed by atoms with van der Waals surface area (Å²) in [6, 6.07) is 9.48. The number of rotatable bonds is 4. The maximum Gasteiger partial charge on any atom is 0.310 e. The second kappa shape index (κ2) is 6.14. The summed E-state index contributed by atoms with van der Waals surface area (Å²) >= 11 is 6.71. The largest absolute Gasteiger partial charge is 0.481 e. The molecule has 0 unspecified atom stereocenters. The lowest BCUT2D eigenvalue weighted by molar-refractivity contribution is -0.146. The van der Waals surface area contributed by atoms with Gasteiger partial charge in [-0.25, -0.2) is 0 Å². The van der Waals surface area contributed by atoms with Crippen molar-refractivity contribution in [1.82, 2.24) is 5.32 Å². The highest BCUT2D eigenvalue weighted by Gasteiger charge is 2.58. The Balaban J connectivity index is 1.75. The third-order valence-electron chi connectivity index (χ3n) is 3.96. The number of aliphatic carboxylic acids is 1. The fourth-order valence-corrected chi connectivity index (χ4v) is 4.13. The number of benzene rings is 1. The molecule has 4 atom stereocenters. The van der Waals surface area contributed by atoms with E-state index in [0.717, 1.165) is 10.0 Å². The second-order valence-electron chi connectivity index (χ2n) is 5.27. The molecule has 0 saturated carbocycles. The van der Waals surface area contributed by atoms with Crippen LogP contribution in [0.2, 0.25) is 0 Å². The van der Waals surface area contributed by atoms with Crippen LogP contribution >= 0.6 is 31.9 Å². The van der Waals surface area contributed by atoms with Gasteiger partial charge in [-0.05, 0) is 5.56 Å². The van der Waals surface area contributed by atoms with Crippen LogP contribution in [0.5, 0.6) is 0 Å². The summed E-state index contributed by atoms with van der Waals surface area (Å²) in [5, 5.41) is 12.2. The van der Waals surface area contributed by atoms with Gasteiger partial charge in [0.2, 0.25) is 5.91 Å². The van der Waals surface area contributed by atoms with Gasteiger partial charge in [-0.3, -0.25) is 9.59 Å². The van der Waals surface area contributed by atoms with E-state index in [4.69, 9.17) is 4.74 Å². The number of nitrogens with one attached hydrogen (secondary N) is 1. The number of carboxylic acids is 1. The molecule has 7 heteroatoms. The molecule has 5 nitrogen and oxygen atoms in total. The van der Waals surface area contributed by atoms with E-state index in [0.29, 0.717) is 11.0 Å². The molecule has 1 amide bonds. The number of hydrogen-bond donors (Lipinski definition) is 2. The van der Waals surface area contributed by atoms with Gasteiger partial charge in [0.25, 0.3) is 0 Å². The van der Waals surface area contributed by atoms with Gasteiger partial charge in [-0.15, -0.1) is 0 Å². The van der Waals surface area contributed by atoms with Crippen LogP contribution in [0.3, 0.4) is 0 Å². The molecule has 0 aliphatic carbocycles. The molecule has 2 aliphatic heterocycles. The Labute approximate surface area is 144 Å². The van der Waals surface area contributed by atoms with E-state index in [-0.39, 0.29) is 5.91 Å². The van der Waals surface area contributed by atoms with E-state index in [2.05, 4.69) is 37.2 Å². The zero-order valence-electron chi connectivity index (χ0n) is 11.3. The Morgan fingerprint density at radius 1 is 1.09 bits per heavy atom. The Morgan fingerprint density at radius 3 is 2.27 bits per heavy atom. The van der Waals surface area contributed by atoms with E-state index >= 15 is 0 Å². The summed E-state index contributed by atoms with van der Waals surface area (Å²) in [7, 11) is 0. The van der Waals surface area contributed by atoms with Gasteiger partial charge in [0.05, 0.1) is 5.92 Å². The molecule has 1 aromatic rings. The second-order valence-corrected chi connectivity index (χ2v) is 6.98. The van der Waals surface area contributed by atoms with Gasteiger partial charge < -0.3 is 15.2 Å². The van der Waals surface area contributed by atoms with Crippen LogP contribution in [0.1, 0.15) is 5.56 Å². The molecule has 2 bridgehead atoms. The summed E-state index contributed by atoms with van der Waals surface area (Å²) in [6.45, 7) is 0.363. The first kappa shape index (κ1) is 15.7. The number of carboxylic acid groups (broad SMARTS) is 1. The summed E-state index contributed by atoms with van der Waals surface area (Å²) in [6.07, 6.45) is -1.15. The fraction of sp³-hybridized carbons (Fsp3) is 0.333. The SMILES string of the molecule is O=C(O)[C@@H]1[C@H](C(=O)NCc2ccccc2)[C@H]2O[C@H]1C(Br)=C2Br. The number of carbonyl (C=O) groups is 2. The first-order valence-electron chi connectivity index (χ1n) is 6.75. The quantitative estimate of drug-likeness (QED) is 0.769. The molecule has 1 saturated heterocycles. The first-order chi connectivity index (χ1) is 10.5. The van der Waals surface area contributed by atoms with Crippen molar-refractivity contribution in [1.29, 1.82) is 0 Å². The highest BCUT2D eigenvalue weighted by atomic mass is 79.9. The van der Waals surface area contributed by atoms with E-state index in [1.54, 1.807) is 0 Å². The minimum atomic E-state index is -1.02. The molecule has 2 heterocycles. The summed E-state index contributed by atoms with van der Waals surface area (Å²) < 4.78 is 7.04. The van der Waals surface area contributed by atoms with Crippen molar-refractivity contribution in [3.8, 4) is 0 Å². The molecule has 0 radical (unpaired) electrons. The van der Waals surface area contributed by atoms with Crippen molar-refractivity contribution in [2.75, 3.05) is 0 Å². The lowest BCUT2D eigenvalue weighted by atomic mass is 9.82. The Kier molecular flexibility index (Phi) is 4.38. The minimum absolute atomic E-state index is 0.305. The average molecular weight is 431 g/mol. The normalized spacial score (nSPS) is 29.7.